The number of nitrogens with zero attached hydrogens (tertiary/aromatic N) is 3. The molecule has 1 aromatic heterocycles. The fourth-order valence-electron chi connectivity index (χ4n) is 3.93. The van der Waals surface area contributed by atoms with Gasteiger partial charge in [0.2, 0.25) is 17.6 Å². The van der Waals surface area contributed by atoms with Crippen molar-refractivity contribution in [1.82, 2.24) is 15.0 Å². The van der Waals surface area contributed by atoms with Crippen LogP contribution in [0.15, 0.2) is 40.9 Å². The SMILES string of the molecule is COc1ccc(-c2noc(CN3CCC(C(=O)Nc4cccc(Cl)c4C)CC3)n2)cc1OC. The van der Waals surface area contributed by atoms with Crippen molar-refractivity contribution >= 4 is 23.2 Å². The lowest BCUT2D eigenvalue weighted by Crippen LogP contribution is -2.37. The van der Waals surface area contributed by atoms with Crippen LogP contribution in [0.1, 0.15) is 24.3 Å². The predicted molar refractivity (Wildman–Crippen MR) is 126 cm³/mol. The van der Waals surface area contributed by atoms with Crippen LogP contribution in [0.3, 0.4) is 0 Å². The summed E-state index contributed by atoms with van der Waals surface area (Å²) in [5.41, 5.74) is 2.43. The highest BCUT2D eigenvalue weighted by Crippen LogP contribution is 2.31. The molecule has 9 heteroatoms. The van der Waals surface area contributed by atoms with Crippen molar-refractivity contribution < 1.29 is 18.8 Å². The fraction of sp³-hybridized carbons (Fsp3) is 0.375. The number of halogens is 1. The zero-order chi connectivity index (χ0) is 23.4. The van der Waals surface area contributed by atoms with Gasteiger partial charge in [0.25, 0.3) is 0 Å². The summed E-state index contributed by atoms with van der Waals surface area (Å²) in [6.07, 6.45) is 1.53. The third-order valence-electron chi connectivity index (χ3n) is 5.95. The lowest BCUT2D eigenvalue weighted by atomic mass is 9.95. The lowest BCUT2D eigenvalue weighted by Gasteiger charge is -2.30. The van der Waals surface area contributed by atoms with Crippen molar-refractivity contribution in [1.29, 1.82) is 0 Å². The molecule has 1 N–H and O–H groups in total. The van der Waals surface area contributed by atoms with Crippen molar-refractivity contribution in [2.75, 3.05) is 32.6 Å². The van der Waals surface area contributed by atoms with E-state index in [0.29, 0.717) is 34.8 Å². The molecule has 4 rings (SSSR count). The van der Waals surface area contributed by atoms with Crippen molar-refractivity contribution in [3.8, 4) is 22.9 Å². The molecule has 1 amide bonds. The summed E-state index contributed by atoms with van der Waals surface area (Å²) in [6.45, 7) is 4.00. The van der Waals surface area contributed by atoms with E-state index in [-0.39, 0.29) is 11.8 Å². The first-order chi connectivity index (χ1) is 16.0. The normalized spacial score (nSPS) is 14.8. The molecule has 0 spiro atoms. The number of hydrogen-bond donors (Lipinski definition) is 1. The van der Waals surface area contributed by atoms with Crippen molar-refractivity contribution in [2.24, 2.45) is 5.92 Å². The standard InChI is InChI=1S/C24H27ClN4O4/c1-15-18(25)5-4-6-19(15)26-24(30)16-9-11-29(12-10-16)14-22-27-23(28-33-22)17-7-8-20(31-2)21(13-17)32-3/h4-8,13,16H,9-12,14H2,1-3H3,(H,26,30). The average Bonchev–Trinajstić information content (AvgIpc) is 3.30. The van der Waals surface area contributed by atoms with Crippen LogP contribution in [-0.4, -0.2) is 48.3 Å². The number of amides is 1. The molecule has 0 atom stereocenters. The molecule has 2 heterocycles. The number of anilines is 1. The predicted octanol–water partition coefficient (Wildman–Crippen LogP) is 4.57. The summed E-state index contributed by atoms with van der Waals surface area (Å²) in [7, 11) is 3.18. The van der Waals surface area contributed by atoms with Gasteiger partial charge in [-0.15, -0.1) is 0 Å². The number of carbonyl (C=O) groups excluding carboxylic acids is 1. The molecule has 174 valence electrons. The van der Waals surface area contributed by atoms with Gasteiger partial charge in [-0.2, -0.15) is 4.98 Å². The first-order valence-electron chi connectivity index (χ1n) is 10.8. The Bertz CT molecular complexity index is 1130. The van der Waals surface area contributed by atoms with Crippen LogP contribution in [-0.2, 0) is 11.3 Å². The van der Waals surface area contributed by atoms with Gasteiger partial charge in [-0.25, -0.2) is 0 Å². The van der Waals surface area contributed by atoms with Crippen LogP contribution in [0.5, 0.6) is 11.5 Å². The van der Waals surface area contributed by atoms with Crippen LogP contribution in [0.25, 0.3) is 11.4 Å². The summed E-state index contributed by atoms with van der Waals surface area (Å²) in [6, 6.07) is 11.0. The highest BCUT2D eigenvalue weighted by Gasteiger charge is 2.26. The minimum Gasteiger partial charge on any atom is -0.493 e. The first kappa shape index (κ1) is 23.1. The molecule has 2 aromatic carbocycles. The summed E-state index contributed by atoms with van der Waals surface area (Å²) in [5.74, 6) is 2.28. The van der Waals surface area contributed by atoms with Crippen LogP contribution in [0.2, 0.25) is 5.02 Å². The van der Waals surface area contributed by atoms with Gasteiger partial charge in [-0.3, -0.25) is 9.69 Å². The third kappa shape index (κ3) is 5.29. The highest BCUT2D eigenvalue weighted by molar-refractivity contribution is 6.31. The molecule has 0 radical (unpaired) electrons. The van der Waals surface area contributed by atoms with Gasteiger partial charge in [0, 0.05) is 22.2 Å². The minimum atomic E-state index is -0.0374. The van der Waals surface area contributed by atoms with Crippen molar-refractivity contribution in [3.63, 3.8) is 0 Å². The summed E-state index contributed by atoms with van der Waals surface area (Å²) in [4.78, 5) is 19.5. The van der Waals surface area contributed by atoms with E-state index in [9.17, 15) is 4.79 Å². The number of aromatic nitrogens is 2. The number of ether oxygens (including phenoxy) is 2. The van der Waals surface area contributed by atoms with E-state index in [1.807, 2.05) is 43.3 Å². The van der Waals surface area contributed by atoms with E-state index in [0.717, 1.165) is 42.7 Å². The van der Waals surface area contributed by atoms with E-state index in [4.69, 9.17) is 25.6 Å². The van der Waals surface area contributed by atoms with E-state index in [1.54, 1.807) is 14.2 Å². The van der Waals surface area contributed by atoms with Gasteiger partial charge in [-0.05, 0) is 68.8 Å². The zero-order valence-electron chi connectivity index (χ0n) is 18.9. The molecular weight excluding hydrogens is 444 g/mol. The quantitative estimate of drug-likeness (QED) is 0.541. The molecule has 1 aliphatic heterocycles. The largest absolute Gasteiger partial charge is 0.493 e. The second-order valence-corrected chi connectivity index (χ2v) is 8.44. The molecule has 33 heavy (non-hydrogen) atoms. The molecule has 0 saturated carbocycles. The minimum absolute atomic E-state index is 0.0357. The summed E-state index contributed by atoms with van der Waals surface area (Å²) < 4.78 is 16.1. The topological polar surface area (TPSA) is 89.7 Å². The molecule has 1 fully saturated rings. The maximum absolute atomic E-state index is 12.7. The fourth-order valence-corrected chi connectivity index (χ4v) is 4.11. The number of likely N-dealkylation sites (tertiary alicyclic amines) is 1. The van der Waals surface area contributed by atoms with E-state index in [2.05, 4.69) is 20.4 Å². The maximum Gasteiger partial charge on any atom is 0.241 e. The van der Waals surface area contributed by atoms with Gasteiger partial charge in [0.15, 0.2) is 11.5 Å². The Morgan fingerprint density at radius 3 is 2.67 bits per heavy atom. The molecule has 0 unspecified atom stereocenters. The smallest absolute Gasteiger partial charge is 0.241 e. The van der Waals surface area contributed by atoms with E-state index >= 15 is 0 Å². The number of piperidine rings is 1. The molecule has 0 aliphatic carbocycles. The zero-order valence-corrected chi connectivity index (χ0v) is 19.7. The van der Waals surface area contributed by atoms with Crippen molar-refractivity contribution in [2.45, 2.75) is 26.3 Å². The lowest BCUT2D eigenvalue weighted by molar-refractivity contribution is -0.121. The summed E-state index contributed by atoms with van der Waals surface area (Å²) in [5, 5.41) is 7.77. The van der Waals surface area contributed by atoms with Crippen molar-refractivity contribution in [3.05, 3.63) is 52.9 Å². The second kappa shape index (κ2) is 10.2. The highest BCUT2D eigenvalue weighted by atomic mass is 35.5. The van der Waals surface area contributed by atoms with Gasteiger partial charge in [0.1, 0.15) is 0 Å². The molecule has 1 saturated heterocycles. The Hall–Kier alpha value is -3.10. The molecule has 1 aliphatic rings. The Labute approximate surface area is 197 Å². The number of nitrogens with one attached hydrogen (secondary N) is 1. The van der Waals surface area contributed by atoms with Crippen LogP contribution < -0.4 is 14.8 Å². The van der Waals surface area contributed by atoms with Crippen LogP contribution >= 0.6 is 11.6 Å². The number of methoxy groups -OCH3 is 2. The third-order valence-corrected chi connectivity index (χ3v) is 6.36. The van der Waals surface area contributed by atoms with Gasteiger partial charge in [0.05, 0.1) is 20.8 Å². The van der Waals surface area contributed by atoms with E-state index in [1.165, 1.54) is 0 Å². The van der Waals surface area contributed by atoms with Gasteiger partial charge >= 0.3 is 0 Å². The number of hydrogen-bond acceptors (Lipinski definition) is 7. The first-order valence-corrected chi connectivity index (χ1v) is 11.2. The second-order valence-electron chi connectivity index (χ2n) is 8.03. The maximum atomic E-state index is 12.7. The van der Waals surface area contributed by atoms with Crippen LogP contribution in [0.4, 0.5) is 5.69 Å². The summed E-state index contributed by atoms with van der Waals surface area (Å²) >= 11 is 6.16. The molecule has 8 nitrogen and oxygen atoms in total. The molecule has 3 aromatic rings. The Kier molecular flexibility index (Phi) is 7.15. The Morgan fingerprint density at radius 2 is 1.94 bits per heavy atom. The number of carbonyl (C=O) groups is 1. The monoisotopic (exact) mass is 470 g/mol. The Morgan fingerprint density at radius 1 is 1.18 bits per heavy atom. The average molecular weight is 471 g/mol. The molecule has 0 bridgehead atoms. The molecular formula is C24H27ClN4O4. The van der Waals surface area contributed by atoms with Crippen LogP contribution in [0, 0.1) is 12.8 Å². The number of rotatable bonds is 7. The number of benzene rings is 2. The van der Waals surface area contributed by atoms with E-state index < -0.39 is 0 Å². The van der Waals surface area contributed by atoms with Gasteiger partial charge in [-0.1, -0.05) is 22.8 Å². The Balaban J connectivity index is 1.32. The van der Waals surface area contributed by atoms with Gasteiger partial charge < -0.3 is 19.3 Å².